The first-order chi connectivity index (χ1) is 14.4. The van der Waals surface area contributed by atoms with E-state index in [-0.39, 0.29) is 9.92 Å². The number of nitrogens with zero attached hydrogens (tertiary/aromatic N) is 4. The van der Waals surface area contributed by atoms with E-state index < -0.39 is 10.0 Å². The zero-order valence-electron chi connectivity index (χ0n) is 16.2. The smallest absolute Gasteiger partial charge is 0.263 e. The molecule has 0 saturated heterocycles. The summed E-state index contributed by atoms with van der Waals surface area (Å²) in [7, 11) is -3.77. The molecule has 0 radical (unpaired) electrons. The number of fused-ring (bicyclic) bond motifs is 1. The highest BCUT2D eigenvalue weighted by atomic mass is 35.5. The van der Waals surface area contributed by atoms with Crippen LogP contribution in [-0.4, -0.2) is 28.0 Å². The Balaban J connectivity index is 1.60. The number of aromatic nitrogens is 4. The van der Waals surface area contributed by atoms with Crippen LogP contribution in [0.15, 0.2) is 69.7 Å². The van der Waals surface area contributed by atoms with Crippen molar-refractivity contribution in [1.82, 2.24) is 19.6 Å². The van der Waals surface area contributed by atoms with E-state index in [2.05, 4.69) is 26.7 Å². The minimum absolute atomic E-state index is 0.0403. The van der Waals surface area contributed by atoms with Crippen molar-refractivity contribution >= 4 is 44.9 Å². The zero-order valence-corrected chi connectivity index (χ0v) is 18.6. The number of aryl methyl sites for hydroxylation is 1. The Labute approximate surface area is 183 Å². The molecule has 10 heteroatoms. The van der Waals surface area contributed by atoms with Gasteiger partial charge in [0.05, 0.1) is 5.02 Å². The molecular formula is C20H18ClN5O2S2. The van der Waals surface area contributed by atoms with Gasteiger partial charge in [-0.15, -0.1) is 0 Å². The zero-order chi connectivity index (χ0) is 21.3. The number of halogens is 1. The third-order valence-electron chi connectivity index (χ3n) is 4.49. The first-order valence-electron chi connectivity index (χ1n) is 9.13. The maximum absolute atomic E-state index is 12.6. The fraction of sp³-hybridized carbons (Fsp3) is 0.150. The fourth-order valence-corrected chi connectivity index (χ4v) is 5.75. The Hall–Kier alpha value is -2.62. The lowest BCUT2D eigenvalue weighted by Crippen LogP contribution is -2.13. The first-order valence-corrected chi connectivity index (χ1v) is 11.8. The normalized spacial score (nSPS) is 11.7. The van der Waals surface area contributed by atoms with E-state index in [0.717, 1.165) is 27.6 Å². The topological polar surface area (TPSA) is 89.2 Å². The third kappa shape index (κ3) is 4.00. The molecule has 0 fully saturated rings. The summed E-state index contributed by atoms with van der Waals surface area (Å²) in [6, 6.07) is 13.5. The van der Waals surface area contributed by atoms with Gasteiger partial charge in [-0.3, -0.25) is 4.72 Å². The second-order valence-electron chi connectivity index (χ2n) is 6.47. The predicted octanol–water partition coefficient (Wildman–Crippen LogP) is 4.60. The average Bonchev–Trinajstić information content (AvgIpc) is 3.17. The molecule has 30 heavy (non-hydrogen) atoms. The maximum atomic E-state index is 12.6. The van der Waals surface area contributed by atoms with Gasteiger partial charge in [0.1, 0.15) is 16.2 Å². The van der Waals surface area contributed by atoms with E-state index in [9.17, 15) is 8.42 Å². The maximum Gasteiger partial charge on any atom is 0.263 e. The van der Waals surface area contributed by atoms with Crippen molar-refractivity contribution in [3.63, 3.8) is 0 Å². The van der Waals surface area contributed by atoms with Gasteiger partial charge in [-0.2, -0.15) is 14.6 Å². The minimum Gasteiger partial charge on any atom is -0.280 e. The van der Waals surface area contributed by atoms with E-state index in [1.165, 1.54) is 24.2 Å². The van der Waals surface area contributed by atoms with Gasteiger partial charge in [0, 0.05) is 21.8 Å². The van der Waals surface area contributed by atoms with Gasteiger partial charge in [0.25, 0.3) is 15.8 Å². The van der Waals surface area contributed by atoms with E-state index >= 15 is 0 Å². The van der Waals surface area contributed by atoms with Crippen LogP contribution < -0.4 is 4.72 Å². The highest BCUT2D eigenvalue weighted by Crippen LogP contribution is 2.33. The van der Waals surface area contributed by atoms with Crippen LogP contribution in [0, 0.1) is 6.92 Å². The van der Waals surface area contributed by atoms with Crippen molar-refractivity contribution in [2.45, 2.75) is 35.1 Å². The summed E-state index contributed by atoms with van der Waals surface area (Å²) in [5.41, 5.74) is 2.47. The molecule has 2 aromatic carbocycles. The monoisotopic (exact) mass is 459 g/mol. The lowest BCUT2D eigenvalue weighted by atomic mass is 10.2. The molecule has 7 nitrogen and oxygen atoms in total. The highest BCUT2D eigenvalue weighted by Gasteiger charge is 2.18. The van der Waals surface area contributed by atoms with Crippen molar-refractivity contribution in [2.75, 3.05) is 4.72 Å². The molecular weight excluding hydrogens is 442 g/mol. The highest BCUT2D eigenvalue weighted by molar-refractivity contribution is 7.99. The molecule has 0 spiro atoms. The van der Waals surface area contributed by atoms with Crippen LogP contribution >= 0.6 is 23.4 Å². The van der Waals surface area contributed by atoms with Crippen molar-refractivity contribution < 1.29 is 8.42 Å². The summed E-state index contributed by atoms with van der Waals surface area (Å²) < 4.78 is 29.5. The molecule has 4 aromatic rings. The molecule has 2 aromatic heterocycles. The van der Waals surface area contributed by atoms with E-state index in [1.54, 1.807) is 34.8 Å². The van der Waals surface area contributed by atoms with Gasteiger partial charge >= 0.3 is 0 Å². The van der Waals surface area contributed by atoms with E-state index in [1.807, 2.05) is 19.1 Å². The first kappa shape index (κ1) is 20.6. The molecule has 0 bridgehead atoms. The molecule has 0 aliphatic carbocycles. The van der Waals surface area contributed by atoms with Crippen molar-refractivity contribution in [3.05, 3.63) is 71.1 Å². The molecule has 2 heterocycles. The molecule has 0 unspecified atom stereocenters. The number of benzene rings is 2. The summed E-state index contributed by atoms with van der Waals surface area (Å²) in [5, 5.41) is 5.41. The molecule has 0 aliphatic heterocycles. The molecule has 0 aliphatic rings. The van der Waals surface area contributed by atoms with Gasteiger partial charge in [-0.1, -0.05) is 42.4 Å². The van der Waals surface area contributed by atoms with Crippen molar-refractivity contribution in [1.29, 1.82) is 0 Å². The van der Waals surface area contributed by atoms with Crippen molar-refractivity contribution in [3.8, 4) is 0 Å². The predicted molar refractivity (Wildman–Crippen MR) is 118 cm³/mol. The summed E-state index contributed by atoms with van der Waals surface area (Å²) in [5.74, 6) is 0.552. The lowest BCUT2D eigenvalue weighted by molar-refractivity contribution is 0.601. The number of rotatable bonds is 6. The van der Waals surface area contributed by atoms with Crippen molar-refractivity contribution in [2.24, 2.45) is 0 Å². The van der Waals surface area contributed by atoms with Crippen LogP contribution in [0.5, 0.6) is 0 Å². The summed E-state index contributed by atoms with van der Waals surface area (Å²) in [6.07, 6.45) is 2.30. The minimum atomic E-state index is -3.77. The van der Waals surface area contributed by atoms with Gasteiger partial charge < -0.3 is 0 Å². The quantitative estimate of drug-likeness (QED) is 0.424. The number of nitrogens with one attached hydrogen (secondary N) is 1. The van der Waals surface area contributed by atoms with Gasteiger partial charge in [-0.25, -0.2) is 13.4 Å². The largest absolute Gasteiger partial charge is 0.280 e. The number of sulfonamides is 1. The Kier molecular flexibility index (Phi) is 5.68. The Morgan fingerprint density at radius 2 is 1.87 bits per heavy atom. The molecule has 4 rings (SSSR count). The third-order valence-corrected chi connectivity index (χ3v) is 7.49. The van der Waals surface area contributed by atoms with Crippen LogP contribution in [-0.2, 0) is 16.4 Å². The van der Waals surface area contributed by atoms with E-state index in [4.69, 9.17) is 11.6 Å². The molecule has 0 amide bonds. The Morgan fingerprint density at radius 1 is 1.13 bits per heavy atom. The fourth-order valence-electron chi connectivity index (χ4n) is 3.04. The van der Waals surface area contributed by atoms with Gasteiger partial charge in [0.15, 0.2) is 0 Å². The second kappa shape index (κ2) is 8.25. The number of anilines is 1. The Bertz CT molecular complexity index is 1320. The molecule has 0 saturated carbocycles. The summed E-state index contributed by atoms with van der Waals surface area (Å²) in [4.78, 5) is 9.65. The Morgan fingerprint density at radius 3 is 2.57 bits per heavy atom. The van der Waals surface area contributed by atoms with Gasteiger partial charge in [0.2, 0.25) is 0 Å². The molecule has 0 atom stereocenters. The van der Waals surface area contributed by atoms with E-state index in [0.29, 0.717) is 11.5 Å². The van der Waals surface area contributed by atoms with Crippen LogP contribution in [0.2, 0.25) is 5.02 Å². The molecule has 1 N–H and O–H groups in total. The average molecular weight is 460 g/mol. The van der Waals surface area contributed by atoms with Crippen LogP contribution in [0.4, 0.5) is 5.69 Å². The molecule has 154 valence electrons. The number of hydrogen-bond donors (Lipinski definition) is 1. The van der Waals surface area contributed by atoms with Crippen LogP contribution in [0.1, 0.15) is 18.2 Å². The second-order valence-corrected chi connectivity index (χ2v) is 9.59. The van der Waals surface area contributed by atoms with Crippen LogP contribution in [0.3, 0.4) is 0 Å². The lowest BCUT2D eigenvalue weighted by Gasteiger charge is -2.12. The summed E-state index contributed by atoms with van der Waals surface area (Å²) >= 11 is 7.56. The van der Waals surface area contributed by atoms with Crippen LogP contribution in [0.25, 0.3) is 5.78 Å². The standard InChI is InChI=1S/C20H18ClN5O2S2/c1-3-16-13(2)24-20-22-12-23-26(20)19(16)29-15-10-8-14(9-11-15)25-30(27,28)18-7-5-4-6-17(18)21/h4-12,25H,3H2,1-2H3. The SMILES string of the molecule is CCc1c(C)nc2ncnn2c1Sc1ccc(NS(=O)(=O)c2ccccc2Cl)cc1. The van der Waals surface area contributed by atoms with Gasteiger partial charge in [-0.05, 0) is 49.7 Å². The summed E-state index contributed by atoms with van der Waals surface area (Å²) in [6.45, 7) is 4.04. The number of hydrogen-bond acceptors (Lipinski definition) is 6.